The number of rotatable bonds is 9. The fraction of sp³-hybridized carbons (Fsp3) is 0.129. The van der Waals surface area contributed by atoms with Gasteiger partial charge in [0.25, 0.3) is 17.5 Å². The van der Waals surface area contributed by atoms with Crippen LogP contribution in [-0.2, 0) is 24.3 Å². The number of fused-ring (bicyclic) bond motifs is 1. The fourth-order valence-corrected chi connectivity index (χ4v) is 4.83. The Morgan fingerprint density at radius 1 is 0.718 bits per heavy atom. The molecule has 0 radical (unpaired) electrons. The quantitative estimate of drug-likeness (QED) is 0.175. The standard InChI is InChI=1S/C31H25N3O5/c35-29-26-16-7-8-17-27(26)30(36)33(29)28(19-24-14-9-15-25(18-24)34(38)39)31(37)32(20-22-10-3-1-4-11-22)21-23-12-5-2-6-13-23/h1-18,28H,19-21H2. The molecule has 8 nitrogen and oxygen atoms in total. The number of carbonyl (C=O) groups excluding carboxylic acids is 3. The maximum absolute atomic E-state index is 14.4. The number of nitro groups is 1. The van der Waals surface area contributed by atoms with Gasteiger partial charge >= 0.3 is 0 Å². The molecule has 0 aromatic heterocycles. The summed E-state index contributed by atoms with van der Waals surface area (Å²) in [7, 11) is 0. The molecule has 4 aromatic rings. The van der Waals surface area contributed by atoms with Gasteiger partial charge in [-0.3, -0.25) is 29.4 Å². The molecule has 1 heterocycles. The van der Waals surface area contributed by atoms with Gasteiger partial charge in [0.15, 0.2) is 0 Å². The summed E-state index contributed by atoms with van der Waals surface area (Å²) in [5.41, 5.74) is 2.58. The van der Waals surface area contributed by atoms with Crippen LogP contribution in [0.3, 0.4) is 0 Å². The van der Waals surface area contributed by atoms with E-state index in [9.17, 15) is 24.5 Å². The normalized spacial score (nSPS) is 13.2. The molecule has 0 fully saturated rings. The summed E-state index contributed by atoms with van der Waals surface area (Å²) >= 11 is 0. The first-order valence-electron chi connectivity index (χ1n) is 12.5. The average Bonchev–Trinajstić information content (AvgIpc) is 3.21. The maximum atomic E-state index is 14.4. The van der Waals surface area contributed by atoms with E-state index >= 15 is 0 Å². The van der Waals surface area contributed by atoms with Gasteiger partial charge in [0.2, 0.25) is 5.91 Å². The fourth-order valence-electron chi connectivity index (χ4n) is 4.83. The van der Waals surface area contributed by atoms with Gasteiger partial charge in [-0.2, -0.15) is 0 Å². The monoisotopic (exact) mass is 519 g/mol. The van der Waals surface area contributed by atoms with Crippen LogP contribution in [0.15, 0.2) is 109 Å². The van der Waals surface area contributed by atoms with Crippen LogP contribution in [0.2, 0.25) is 0 Å². The predicted molar refractivity (Wildman–Crippen MR) is 145 cm³/mol. The molecule has 0 spiro atoms. The third-order valence-corrected chi connectivity index (χ3v) is 6.72. The van der Waals surface area contributed by atoms with Gasteiger partial charge in [-0.15, -0.1) is 0 Å². The van der Waals surface area contributed by atoms with Crippen molar-refractivity contribution in [1.82, 2.24) is 9.80 Å². The summed E-state index contributed by atoms with van der Waals surface area (Å²) in [6.07, 6.45) is -0.0634. The number of non-ortho nitro benzene ring substituents is 1. The second-order valence-corrected chi connectivity index (χ2v) is 9.34. The smallest absolute Gasteiger partial charge is 0.269 e. The molecule has 0 N–H and O–H groups in total. The molecule has 3 amide bonds. The molecule has 0 saturated carbocycles. The zero-order valence-electron chi connectivity index (χ0n) is 21.0. The van der Waals surface area contributed by atoms with Gasteiger partial charge in [-0.05, 0) is 28.8 Å². The molecule has 1 atom stereocenters. The lowest BCUT2D eigenvalue weighted by Crippen LogP contribution is -2.51. The van der Waals surface area contributed by atoms with Gasteiger partial charge < -0.3 is 4.90 Å². The van der Waals surface area contributed by atoms with Crippen molar-refractivity contribution in [2.75, 3.05) is 0 Å². The summed E-state index contributed by atoms with van der Waals surface area (Å²) in [6, 6.07) is 30.1. The number of hydrogen-bond acceptors (Lipinski definition) is 5. The lowest BCUT2D eigenvalue weighted by molar-refractivity contribution is -0.384. The SMILES string of the molecule is O=C(C(Cc1cccc([N+](=O)[O-])c1)N1C(=O)c2ccccc2C1=O)N(Cc1ccccc1)Cc1ccccc1. The Kier molecular flexibility index (Phi) is 7.27. The van der Waals surface area contributed by atoms with Crippen LogP contribution in [0.5, 0.6) is 0 Å². The van der Waals surface area contributed by atoms with E-state index in [0.29, 0.717) is 5.56 Å². The number of imide groups is 1. The van der Waals surface area contributed by atoms with Gasteiger partial charge in [0, 0.05) is 31.6 Å². The molecule has 4 aromatic carbocycles. The van der Waals surface area contributed by atoms with E-state index in [0.717, 1.165) is 16.0 Å². The largest absolute Gasteiger partial charge is 0.332 e. The molecule has 1 aliphatic heterocycles. The van der Waals surface area contributed by atoms with E-state index in [1.54, 1.807) is 35.2 Å². The topological polar surface area (TPSA) is 101 Å². The molecular weight excluding hydrogens is 494 g/mol. The summed E-state index contributed by atoms with van der Waals surface area (Å²) < 4.78 is 0. The van der Waals surface area contributed by atoms with Crippen molar-refractivity contribution in [3.05, 3.63) is 147 Å². The lowest BCUT2D eigenvalue weighted by atomic mass is 10.0. The molecule has 39 heavy (non-hydrogen) atoms. The Hall–Kier alpha value is -5.11. The highest BCUT2D eigenvalue weighted by Crippen LogP contribution is 2.28. The van der Waals surface area contributed by atoms with Crippen LogP contribution in [0.1, 0.15) is 37.4 Å². The Labute approximate surface area is 225 Å². The third kappa shape index (κ3) is 5.45. The molecular formula is C31H25N3O5. The molecule has 1 unspecified atom stereocenters. The van der Waals surface area contributed by atoms with Crippen molar-refractivity contribution >= 4 is 23.4 Å². The number of benzene rings is 4. The van der Waals surface area contributed by atoms with Crippen LogP contribution < -0.4 is 0 Å². The van der Waals surface area contributed by atoms with Crippen LogP contribution in [-0.4, -0.2) is 38.5 Å². The van der Waals surface area contributed by atoms with E-state index in [1.165, 1.54) is 18.2 Å². The Balaban J connectivity index is 1.55. The highest BCUT2D eigenvalue weighted by Gasteiger charge is 2.44. The highest BCUT2D eigenvalue weighted by molar-refractivity contribution is 6.22. The Bertz CT molecular complexity index is 1460. The molecule has 1 aliphatic rings. The Morgan fingerprint density at radius 2 is 1.21 bits per heavy atom. The van der Waals surface area contributed by atoms with Crippen molar-refractivity contribution < 1.29 is 19.3 Å². The molecule has 0 bridgehead atoms. The number of nitro benzene ring substituents is 1. The molecule has 194 valence electrons. The number of amides is 3. The van der Waals surface area contributed by atoms with Crippen molar-refractivity contribution in [1.29, 1.82) is 0 Å². The molecule has 0 saturated heterocycles. The molecule has 0 aliphatic carbocycles. The molecule has 8 heteroatoms. The van der Waals surface area contributed by atoms with Crippen LogP contribution in [0.4, 0.5) is 5.69 Å². The van der Waals surface area contributed by atoms with E-state index < -0.39 is 28.7 Å². The van der Waals surface area contributed by atoms with Crippen LogP contribution in [0, 0.1) is 10.1 Å². The summed E-state index contributed by atoms with van der Waals surface area (Å²) in [6.45, 7) is 0.506. The lowest BCUT2D eigenvalue weighted by Gasteiger charge is -2.32. The third-order valence-electron chi connectivity index (χ3n) is 6.72. The Morgan fingerprint density at radius 3 is 1.72 bits per heavy atom. The van der Waals surface area contributed by atoms with E-state index in [-0.39, 0.29) is 36.3 Å². The minimum atomic E-state index is -1.20. The molecule has 5 rings (SSSR count). The summed E-state index contributed by atoms with van der Waals surface area (Å²) in [4.78, 5) is 54.8. The zero-order chi connectivity index (χ0) is 27.4. The predicted octanol–water partition coefficient (Wildman–Crippen LogP) is 5.03. The second kappa shape index (κ2) is 11.1. The first-order chi connectivity index (χ1) is 18.9. The van der Waals surface area contributed by atoms with Gasteiger partial charge in [0.05, 0.1) is 16.1 Å². The van der Waals surface area contributed by atoms with Gasteiger partial charge in [-0.25, -0.2) is 0 Å². The zero-order valence-corrected chi connectivity index (χ0v) is 21.0. The summed E-state index contributed by atoms with van der Waals surface area (Å²) in [5, 5.41) is 11.4. The number of nitrogens with zero attached hydrogens (tertiary/aromatic N) is 3. The highest BCUT2D eigenvalue weighted by atomic mass is 16.6. The first kappa shape index (κ1) is 25.5. The van der Waals surface area contributed by atoms with E-state index in [4.69, 9.17) is 0 Å². The van der Waals surface area contributed by atoms with Gasteiger partial charge in [-0.1, -0.05) is 84.9 Å². The first-order valence-corrected chi connectivity index (χ1v) is 12.5. The number of carbonyl (C=O) groups is 3. The van der Waals surface area contributed by atoms with Crippen molar-refractivity contribution in [3.8, 4) is 0 Å². The second-order valence-electron chi connectivity index (χ2n) is 9.34. The number of hydrogen-bond donors (Lipinski definition) is 0. The summed E-state index contributed by atoms with van der Waals surface area (Å²) in [5.74, 6) is -1.54. The average molecular weight is 520 g/mol. The van der Waals surface area contributed by atoms with Crippen LogP contribution in [0.25, 0.3) is 0 Å². The van der Waals surface area contributed by atoms with E-state index in [1.807, 2.05) is 60.7 Å². The van der Waals surface area contributed by atoms with Crippen LogP contribution >= 0.6 is 0 Å². The van der Waals surface area contributed by atoms with Crippen molar-refractivity contribution in [2.24, 2.45) is 0 Å². The van der Waals surface area contributed by atoms with Gasteiger partial charge in [0.1, 0.15) is 6.04 Å². The minimum absolute atomic E-state index is 0.0634. The minimum Gasteiger partial charge on any atom is -0.332 e. The van der Waals surface area contributed by atoms with Crippen molar-refractivity contribution in [2.45, 2.75) is 25.6 Å². The van der Waals surface area contributed by atoms with E-state index in [2.05, 4.69) is 0 Å². The van der Waals surface area contributed by atoms with Crippen molar-refractivity contribution in [3.63, 3.8) is 0 Å². The maximum Gasteiger partial charge on any atom is 0.269 e.